The Morgan fingerprint density at radius 2 is 1.98 bits per heavy atom. The summed E-state index contributed by atoms with van der Waals surface area (Å²) in [5.74, 6) is 0.518. The lowest BCUT2D eigenvalue weighted by molar-refractivity contribution is -0.105. The Morgan fingerprint density at radius 1 is 1.10 bits per heavy atom. The number of fused-ring (bicyclic) bond motifs is 3. The zero-order valence-corrected chi connectivity index (χ0v) is 23.6. The minimum atomic E-state index is -0.137. The van der Waals surface area contributed by atoms with Crippen LogP contribution in [-0.2, 0) is 18.8 Å². The molecule has 5 aromatic heterocycles. The van der Waals surface area contributed by atoms with Crippen molar-refractivity contribution in [1.82, 2.24) is 44.4 Å². The summed E-state index contributed by atoms with van der Waals surface area (Å²) in [6, 6.07) is 3.93. The molecule has 5 aromatic rings. The van der Waals surface area contributed by atoms with Gasteiger partial charge >= 0.3 is 0 Å². The summed E-state index contributed by atoms with van der Waals surface area (Å²) in [5.41, 5.74) is 6.13. The van der Waals surface area contributed by atoms with E-state index in [1.165, 1.54) is 19.3 Å². The van der Waals surface area contributed by atoms with Gasteiger partial charge in [0.2, 0.25) is 0 Å². The highest BCUT2D eigenvalue weighted by Gasteiger charge is 2.44. The Labute approximate surface area is 237 Å². The van der Waals surface area contributed by atoms with E-state index < -0.39 is 0 Å². The van der Waals surface area contributed by atoms with Crippen LogP contribution in [0.25, 0.3) is 27.5 Å². The number of rotatable bonds is 7. The number of pyridine rings is 1. The number of hydrogen-bond acceptors (Lipinski definition) is 8. The molecule has 1 aliphatic heterocycles. The van der Waals surface area contributed by atoms with Gasteiger partial charge in [-0.1, -0.05) is 0 Å². The van der Waals surface area contributed by atoms with Crippen LogP contribution >= 0.6 is 0 Å². The maximum atomic E-state index is 13.1. The molecule has 2 aliphatic rings. The Morgan fingerprint density at radius 3 is 2.76 bits per heavy atom. The van der Waals surface area contributed by atoms with E-state index in [2.05, 4.69) is 36.8 Å². The molecule has 6 heterocycles. The average molecular weight is 555 g/mol. The molecule has 1 saturated heterocycles. The number of ether oxygens (including phenoxy) is 1. The standard InChI is InChI=1S/C29H34N10O2/c1-19-24(11-20(13-31-19)28(40)30-7-8-38-9-10-41-18-29(38)5-4-6-29)34-27-23-15-33-39-17-21(22-14-32-36(2)16-22)12-25(39)26(23)37(3)35-27/h11-17H,4-10,18H2,1-3H3,(H,30,40)(H,34,35). The third kappa shape index (κ3) is 4.52. The molecule has 7 rings (SSSR count). The molecule has 1 amide bonds. The third-order valence-electron chi connectivity index (χ3n) is 8.58. The van der Waals surface area contributed by atoms with Crippen molar-refractivity contribution in [2.75, 3.05) is 38.2 Å². The molecule has 0 radical (unpaired) electrons. The molecule has 1 spiro atoms. The summed E-state index contributed by atoms with van der Waals surface area (Å²) in [6.07, 6.45) is 12.9. The first-order valence-corrected chi connectivity index (χ1v) is 14.1. The van der Waals surface area contributed by atoms with E-state index in [1.807, 2.05) is 61.1 Å². The van der Waals surface area contributed by atoms with Crippen molar-refractivity contribution in [1.29, 1.82) is 0 Å². The van der Waals surface area contributed by atoms with Crippen molar-refractivity contribution in [3.05, 3.63) is 54.4 Å². The number of anilines is 2. The Bertz CT molecular complexity index is 1760. The van der Waals surface area contributed by atoms with Crippen LogP contribution in [0.3, 0.4) is 0 Å². The Kier molecular flexibility index (Phi) is 6.24. The van der Waals surface area contributed by atoms with Crippen molar-refractivity contribution < 1.29 is 9.53 Å². The van der Waals surface area contributed by atoms with E-state index in [4.69, 9.17) is 9.84 Å². The largest absolute Gasteiger partial charge is 0.378 e. The molecule has 1 aliphatic carbocycles. The molecule has 0 aromatic carbocycles. The number of hydrogen-bond donors (Lipinski definition) is 2. The minimum absolute atomic E-state index is 0.137. The first-order valence-electron chi connectivity index (χ1n) is 14.1. The maximum Gasteiger partial charge on any atom is 0.252 e. The quantitative estimate of drug-likeness (QED) is 0.315. The van der Waals surface area contributed by atoms with Gasteiger partial charge in [0.25, 0.3) is 5.91 Å². The normalized spacial score (nSPS) is 16.9. The van der Waals surface area contributed by atoms with E-state index in [0.717, 1.165) is 65.2 Å². The molecule has 12 heteroatoms. The number of nitrogens with zero attached hydrogens (tertiary/aromatic N) is 8. The van der Waals surface area contributed by atoms with E-state index in [9.17, 15) is 4.79 Å². The molecule has 212 valence electrons. The molecular formula is C29H34N10O2. The summed E-state index contributed by atoms with van der Waals surface area (Å²) in [4.78, 5) is 20.1. The first-order chi connectivity index (χ1) is 19.9. The summed E-state index contributed by atoms with van der Waals surface area (Å²) in [6.45, 7) is 5.80. The van der Waals surface area contributed by atoms with Gasteiger partial charge in [-0.15, -0.1) is 0 Å². The predicted octanol–water partition coefficient (Wildman–Crippen LogP) is 3.05. The van der Waals surface area contributed by atoms with Crippen molar-refractivity contribution in [3.8, 4) is 11.1 Å². The second kappa shape index (κ2) is 9.96. The van der Waals surface area contributed by atoms with Gasteiger partial charge in [0, 0.05) is 69.0 Å². The number of amides is 1. The lowest BCUT2D eigenvalue weighted by atomic mass is 9.75. The second-order valence-electron chi connectivity index (χ2n) is 11.2. The van der Waals surface area contributed by atoms with Gasteiger partial charge in [-0.3, -0.25) is 24.0 Å². The van der Waals surface area contributed by atoms with Gasteiger partial charge in [0.05, 0.1) is 59.0 Å². The fourth-order valence-electron chi connectivity index (χ4n) is 6.11. The van der Waals surface area contributed by atoms with E-state index >= 15 is 0 Å². The molecule has 0 bridgehead atoms. The van der Waals surface area contributed by atoms with Crippen LogP contribution in [0.2, 0.25) is 0 Å². The SMILES string of the molecule is Cc1ncc(C(=O)NCCN2CCOCC23CCC3)cc1Nc1nn(C)c2c1cnn1cc(-c3cnn(C)c3)cc21. The third-order valence-corrected chi connectivity index (χ3v) is 8.58. The number of carbonyl (C=O) groups excluding carboxylic acids is 1. The van der Waals surface area contributed by atoms with Crippen molar-refractivity contribution >= 4 is 33.8 Å². The van der Waals surface area contributed by atoms with Crippen LogP contribution in [0.5, 0.6) is 0 Å². The van der Waals surface area contributed by atoms with E-state index in [1.54, 1.807) is 10.9 Å². The minimum Gasteiger partial charge on any atom is -0.378 e. The average Bonchev–Trinajstić information content (AvgIpc) is 3.66. The fourth-order valence-corrected chi connectivity index (χ4v) is 6.11. The zero-order chi connectivity index (χ0) is 28.1. The molecule has 12 nitrogen and oxygen atoms in total. The Hall–Kier alpha value is -4.29. The van der Waals surface area contributed by atoms with Crippen LogP contribution < -0.4 is 10.6 Å². The van der Waals surface area contributed by atoms with Gasteiger partial charge in [-0.25, -0.2) is 4.52 Å². The van der Waals surface area contributed by atoms with Gasteiger partial charge < -0.3 is 15.4 Å². The van der Waals surface area contributed by atoms with Crippen molar-refractivity contribution in [2.24, 2.45) is 14.1 Å². The molecule has 2 N–H and O–H groups in total. The maximum absolute atomic E-state index is 13.1. The molecular weight excluding hydrogens is 520 g/mol. The number of aryl methyl sites for hydroxylation is 3. The van der Waals surface area contributed by atoms with Crippen molar-refractivity contribution in [3.63, 3.8) is 0 Å². The van der Waals surface area contributed by atoms with E-state index in [0.29, 0.717) is 17.9 Å². The fraction of sp³-hybridized carbons (Fsp3) is 0.414. The first kappa shape index (κ1) is 25.7. The number of morpholine rings is 1. The number of carbonyl (C=O) groups is 1. The summed E-state index contributed by atoms with van der Waals surface area (Å²) < 4.78 is 11.2. The highest BCUT2D eigenvalue weighted by molar-refractivity contribution is 6.01. The van der Waals surface area contributed by atoms with Crippen LogP contribution in [0.4, 0.5) is 11.5 Å². The molecule has 2 fully saturated rings. The zero-order valence-electron chi connectivity index (χ0n) is 23.6. The highest BCUT2D eigenvalue weighted by atomic mass is 16.5. The van der Waals surface area contributed by atoms with Gasteiger partial charge in [0.15, 0.2) is 5.82 Å². The van der Waals surface area contributed by atoms with Gasteiger partial charge in [-0.05, 0) is 38.3 Å². The molecule has 1 saturated carbocycles. The molecule has 0 atom stereocenters. The topological polar surface area (TPSA) is 119 Å². The van der Waals surface area contributed by atoms with Crippen LogP contribution in [-0.4, -0.2) is 83.4 Å². The van der Waals surface area contributed by atoms with Crippen LogP contribution in [0, 0.1) is 6.92 Å². The number of nitrogens with one attached hydrogen (secondary N) is 2. The van der Waals surface area contributed by atoms with Crippen molar-refractivity contribution in [2.45, 2.75) is 31.7 Å². The molecule has 0 unspecified atom stereocenters. The van der Waals surface area contributed by atoms with Crippen LogP contribution in [0.15, 0.2) is 43.1 Å². The van der Waals surface area contributed by atoms with Gasteiger partial charge in [-0.2, -0.15) is 15.3 Å². The Balaban J connectivity index is 1.09. The summed E-state index contributed by atoms with van der Waals surface area (Å²) >= 11 is 0. The molecule has 41 heavy (non-hydrogen) atoms. The van der Waals surface area contributed by atoms with E-state index in [-0.39, 0.29) is 11.4 Å². The highest BCUT2D eigenvalue weighted by Crippen LogP contribution is 2.39. The van der Waals surface area contributed by atoms with Gasteiger partial charge in [0.1, 0.15) is 0 Å². The monoisotopic (exact) mass is 554 g/mol. The summed E-state index contributed by atoms with van der Waals surface area (Å²) in [5, 5.41) is 21.1. The van der Waals surface area contributed by atoms with Crippen LogP contribution in [0.1, 0.15) is 35.3 Å². The number of aromatic nitrogens is 7. The smallest absolute Gasteiger partial charge is 0.252 e. The predicted molar refractivity (Wildman–Crippen MR) is 155 cm³/mol. The lowest BCUT2D eigenvalue weighted by Gasteiger charge is -2.52. The summed E-state index contributed by atoms with van der Waals surface area (Å²) in [7, 11) is 3.82. The lowest BCUT2D eigenvalue weighted by Crippen LogP contribution is -2.62. The second-order valence-corrected chi connectivity index (χ2v) is 11.2.